The Morgan fingerprint density at radius 2 is 1.73 bits per heavy atom. The van der Waals surface area contributed by atoms with Crippen LogP contribution in [0.3, 0.4) is 0 Å². The average molecular weight is 353 g/mol. The van der Waals surface area contributed by atoms with Crippen LogP contribution in [-0.2, 0) is 4.79 Å². The minimum atomic E-state index is -0.393. The normalized spacial score (nSPS) is 11.0. The molecule has 0 aromatic heterocycles. The number of benzene rings is 3. The quantitative estimate of drug-likeness (QED) is 0.367. The highest BCUT2D eigenvalue weighted by Gasteiger charge is 2.02. The lowest BCUT2D eigenvalue weighted by Crippen LogP contribution is -2.03. The Hall–Kier alpha value is -2.39. The van der Waals surface area contributed by atoms with Crippen molar-refractivity contribution in [1.29, 1.82) is 0 Å². The molecule has 0 radical (unpaired) electrons. The molecule has 3 aromatic carbocycles. The maximum absolute atomic E-state index is 11.9. The lowest BCUT2D eigenvalue weighted by atomic mass is 10.1. The third-order valence-corrected chi connectivity index (χ3v) is 3.69. The summed E-state index contributed by atoms with van der Waals surface area (Å²) in [5.74, 6) is 0.151. The zero-order valence-electron chi connectivity index (χ0n) is 11.7. The molecule has 3 rings (SSSR count). The molecule has 0 aliphatic heterocycles. The highest BCUT2D eigenvalue weighted by atomic mass is 79.9. The molecule has 3 heteroatoms. The van der Waals surface area contributed by atoms with Crippen LogP contribution < -0.4 is 4.74 Å². The summed E-state index contributed by atoms with van der Waals surface area (Å²) >= 11 is 3.40. The molecular weight excluding hydrogens is 340 g/mol. The fraction of sp³-hybridized carbons (Fsp3) is 0. The van der Waals surface area contributed by atoms with Crippen LogP contribution in [-0.4, -0.2) is 5.97 Å². The summed E-state index contributed by atoms with van der Waals surface area (Å²) in [7, 11) is 0. The molecule has 0 aliphatic carbocycles. The highest BCUT2D eigenvalue weighted by molar-refractivity contribution is 9.10. The van der Waals surface area contributed by atoms with Crippen LogP contribution in [0.4, 0.5) is 0 Å². The summed E-state index contributed by atoms with van der Waals surface area (Å²) in [6.07, 6.45) is 3.16. The van der Waals surface area contributed by atoms with E-state index in [0.29, 0.717) is 5.75 Å². The third-order valence-electron chi connectivity index (χ3n) is 3.20. The minimum absolute atomic E-state index is 0.393. The van der Waals surface area contributed by atoms with E-state index in [1.54, 1.807) is 12.1 Å². The first-order valence-electron chi connectivity index (χ1n) is 6.85. The van der Waals surface area contributed by atoms with Crippen LogP contribution >= 0.6 is 15.9 Å². The van der Waals surface area contributed by atoms with E-state index in [0.717, 1.165) is 20.8 Å². The number of hydrogen-bond donors (Lipinski definition) is 0. The summed E-state index contributed by atoms with van der Waals surface area (Å²) < 4.78 is 6.31. The van der Waals surface area contributed by atoms with Crippen molar-refractivity contribution in [3.8, 4) is 5.75 Å². The van der Waals surface area contributed by atoms with Gasteiger partial charge in [0.15, 0.2) is 0 Å². The molecule has 0 saturated heterocycles. The van der Waals surface area contributed by atoms with Gasteiger partial charge in [-0.1, -0.05) is 58.4 Å². The summed E-state index contributed by atoms with van der Waals surface area (Å²) in [6.45, 7) is 0. The van der Waals surface area contributed by atoms with E-state index in [1.807, 2.05) is 60.7 Å². The molecular formula is C19H13BrO2. The molecule has 0 bridgehead atoms. The Bertz CT molecular complexity index is 853. The molecule has 0 N–H and O–H groups in total. The molecule has 0 saturated carbocycles. The smallest absolute Gasteiger partial charge is 0.336 e. The highest BCUT2D eigenvalue weighted by Crippen LogP contribution is 2.21. The van der Waals surface area contributed by atoms with Gasteiger partial charge in [-0.05, 0) is 46.7 Å². The van der Waals surface area contributed by atoms with E-state index in [1.165, 1.54) is 6.08 Å². The van der Waals surface area contributed by atoms with Crippen molar-refractivity contribution in [2.24, 2.45) is 0 Å². The van der Waals surface area contributed by atoms with E-state index in [9.17, 15) is 4.79 Å². The van der Waals surface area contributed by atoms with Crippen molar-refractivity contribution in [2.75, 3.05) is 0 Å². The van der Waals surface area contributed by atoms with E-state index in [-0.39, 0.29) is 0 Å². The number of ether oxygens (including phenoxy) is 1. The lowest BCUT2D eigenvalue weighted by molar-refractivity contribution is -0.128. The van der Waals surface area contributed by atoms with Gasteiger partial charge in [0.1, 0.15) is 5.75 Å². The lowest BCUT2D eigenvalue weighted by Gasteiger charge is -2.03. The number of hydrogen-bond acceptors (Lipinski definition) is 2. The number of halogens is 1. The number of esters is 1. The number of rotatable bonds is 3. The van der Waals surface area contributed by atoms with Gasteiger partial charge in [0.25, 0.3) is 0 Å². The molecule has 0 spiro atoms. The molecule has 2 nitrogen and oxygen atoms in total. The first-order valence-corrected chi connectivity index (χ1v) is 7.64. The number of carbonyl (C=O) groups is 1. The summed E-state index contributed by atoms with van der Waals surface area (Å²) in [5, 5.41) is 2.16. The monoisotopic (exact) mass is 352 g/mol. The second kappa shape index (κ2) is 6.58. The van der Waals surface area contributed by atoms with Crippen LogP contribution in [0.25, 0.3) is 16.8 Å². The molecule has 22 heavy (non-hydrogen) atoms. The van der Waals surface area contributed by atoms with Crippen molar-refractivity contribution in [1.82, 2.24) is 0 Å². The van der Waals surface area contributed by atoms with Gasteiger partial charge in [0.05, 0.1) is 0 Å². The predicted molar refractivity (Wildman–Crippen MR) is 92.8 cm³/mol. The van der Waals surface area contributed by atoms with Crippen LogP contribution in [0, 0.1) is 0 Å². The molecule has 0 aliphatic rings. The van der Waals surface area contributed by atoms with E-state index in [2.05, 4.69) is 15.9 Å². The van der Waals surface area contributed by atoms with Crippen LogP contribution in [0.15, 0.2) is 77.3 Å². The Morgan fingerprint density at radius 3 is 2.55 bits per heavy atom. The van der Waals surface area contributed by atoms with Crippen molar-refractivity contribution < 1.29 is 9.53 Å². The second-order valence-corrected chi connectivity index (χ2v) is 5.73. The van der Waals surface area contributed by atoms with Crippen LogP contribution in [0.5, 0.6) is 5.75 Å². The maximum atomic E-state index is 11.9. The molecule has 108 valence electrons. The van der Waals surface area contributed by atoms with Crippen molar-refractivity contribution in [3.05, 3.63) is 82.8 Å². The Kier molecular flexibility index (Phi) is 4.35. The summed E-state index contributed by atoms with van der Waals surface area (Å²) in [4.78, 5) is 11.9. The van der Waals surface area contributed by atoms with Gasteiger partial charge in [-0.2, -0.15) is 0 Å². The zero-order chi connectivity index (χ0) is 15.4. The van der Waals surface area contributed by atoms with E-state index in [4.69, 9.17) is 4.74 Å². The van der Waals surface area contributed by atoms with Crippen LogP contribution in [0.1, 0.15) is 5.56 Å². The summed E-state index contributed by atoms with van der Waals surface area (Å²) in [5.41, 5.74) is 0.935. The van der Waals surface area contributed by atoms with Gasteiger partial charge in [0.2, 0.25) is 0 Å². The van der Waals surface area contributed by atoms with E-state index < -0.39 is 5.97 Å². The SMILES string of the molecule is O=C(/C=C/c1cccc(Br)c1)Oc1ccc2ccccc2c1. The third kappa shape index (κ3) is 3.62. The Balaban J connectivity index is 1.72. The standard InChI is InChI=1S/C19H13BrO2/c20-17-7-3-4-14(12-17)8-11-19(21)22-18-10-9-15-5-1-2-6-16(15)13-18/h1-13H/b11-8+. The largest absolute Gasteiger partial charge is 0.423 e. The first kappa shape index (κ1) is 14.5. The van der Waals surface area contributed by atoms with Crippen LogP contribution in [0.2, 0.25) is 0 Å². The van der Waals surface area contributed by atoms with Gasteiger partial charge < -0.3 is 4.74 Å². The average Bonchev–Trinajstić information content (AvgIpc) is 2.53. The van der Waals surface area contributed by atoms with Gasteiger partial charge in [-0.25, -0.2) is 4.79 Å². The van der Waals surface area contributed by atoms with Gasteiger partial charge in [0, 0.05) is 10.5 Å². The topological polar surface area (TPSA) is 26.3 Å². The fourth-order valence-corrected chi connectivity index (χ4v) is 2.57. The molecule has 3 aromatic rings. The molecule has 0 heterocycles. The Morgan fingerprint density at radius 1 is 0.909 bits per heavy atom. The van der Waals surface area contributed by atoms with Gasteiger partial charge in [-0.3, -0.25) is 0 Å². The maximum Gasteiger partial charge on any atom is 0.336 e. The Labute approximate surface area is 137 Å². The first-order chi connectivity index (χ1) is 10.7. The van der Waals surface area contributed by atoms with Gasteiger partial charge in [-0.15, -0.1) is 0 Å². The molecule has 0 atom stereocenters. The van der Waals surface area contributed by atoms with Crippen molar-refractivity contribution >= 4 is 38.7 Å². The van der Waals surface area contributed by atoms with E-state index >= 15 is 0 Å². The second-order valence-electron chi connectivity index (χ2n) is 4.82. The fourth-order valence-electron chi connectivity index (χ4n) is 2.16. The molecule has 0 unspecified atom stereocenters. The molecule has 0 amide bonds. The number of fused-ring (bicyclic) bond motifs is 1. The zero-order valence-corrected chi connectivity index (χ0v) is 13.3. The minimum Gasteiger partial charge on any atom is -0.423 e. The van der Waals surface area contributed by atoms with Gasteiger partial charge >= 0.3 is 5.97 Å². The summed E-state index contributed by atoms with van der Waals surface area (Å²) in [6, 6.07) is 21.3. The molecule has 0 fully saturated rings. The predicted octanol–water partition coefficient (Wildman–Crippen LogP) is 5.22. The van der Waals surface area contributed by atoms with Crippen molar-refractivity contribution in [2.45, 2.75) is 0 Å². The van der Waals surface area contributed by atoms with Crippen molar-refractivity contribution in [3.63, 3.8) is 0 Å². The number of carbonyl (C=O) groups excluding carboxylic acids is 1.